The molecule has 0 unspecified atom stereocenters. The van der Waals surface area contributed by atoms with Crippen LogP contribution in [-0.4, -0.2) is 35.3 Å². The Hall–Kier alpha value is -2.55. The second-order valence-electron chi connectivity index (χ2n) is 4.91. The Bertz CT molecular complexity index is 723. The average molecular weight is 272 g/mol. The third kappa shape index (κ3) is 1.63. The molecule has 0 aromatic carbocycles. The molecule has 102 valence electrons. The Morgan fingerprint density at radius 3 is 2.90 bits per heavy atom. The van der Waals surface area contributed by atoms with Crippen LogP contribution in [0.3, 0.4) is 0 Å². The minimum Gasteiger partial charge on any atom is -0.336 e. The van der Waals surface area contributed by atoms with Crippen molar-refractivity contribution in [3.8, 4) is 23.2 Å². The first-order valence-electron chi connectivity index (χ1n) is 6.29. The van der Waals surface area contributed by atoms with Crippen molar-refractivity contribution in [2.75, 3.05) is 0 Å². The molecule has 3 aromatic rings. The first-order chi connectivity index (χ1) is 9.74. The zero-order chi connectivity index (χ0) is 13.6. The average Bonchev–Trinajstić information content (AvgIpc) is 3.13. The predicted molar refractivity (Wildman–Crippen MR) is 67.0 cm³/mol. The van der Waals surface area contributed by atoms with Crippen LogP contribution in [0.15, 0.2) is 17.0 Å². The standard InChI is InChI=1S/C11H12N8O/c12-11(2-1-3-11)10-13-4-6(16-10)9-17-8(19-20-9)7-14-5-15-18-7/h4-5H,1-3,12H2,(H,13,16)(H,14,15,18). The largest absolute Gasteiger partial charge is 0.336 e. The Balaban J connectivity index is 1.65. The molecule has 0 bridgehead atoms. The van der Waals surface area contributed by atoms with Gasteiger partial charge in [0.05, 0.1) is 11.7 Å². The van der Waals surface area contributed by atoms with Crippen LogP contribution in [-0.2, 0) is 5.54 Å². The molecule has 0 spiro atoms. The van der Waals surface area contributed by atoms with Gasteiger partial charge < -0.3 is 15.2 Å². The third-order valence-corrected chi connectivity index (χ3v) is 3.58. The van der Waals surface area contributed by atoms with E-state index in [1.807, 2.05) is 0 Å². The van der Waals surface area contributed by atoms with Crippen LogP contribution >= 0.6 is 0 Å². The lowest BCUT2D eigenvalue weighted by Crippen LogP contribution is -2.44. The topological polar surface area (TPSA) is 135 Å². The van der Waals surface area contributed by atoms with Gasteiger partial charge in [0, 0.05) is 0 Å². The van der Waals surface area contributed by atoms with Crippen LogP contribution in [0, 0.1) is 0 Å². The summed E-state index contributed by atoms with van der Waals surface area (Å²) >= 11 is 0. The van der Waals surface area contributed by atoms with Crippen molar-refractivity contribution in [3.05, 3.63) is 18.3 Å². The van der Waals surface area contributed by atoms with Crippen LogP contribution in [0.1, 0.15) is 25.1 Å². The summed E-state index contributed by atoms with van der Waals surface area (Å²) in [7, 11) is 0. The molecule has 1 aliphatic rings. The molecule has 0 amide bonds. The van der Waals surface area contributed by atoms with E-state index in [1.165, 1.54) is 6.33 Å². The Morgan fingerprint density at radius 2 is 2.20 bits per heavy atom. The van der Waals surface area contributed by atoms with Gasteiger partial charge in [0.2, 0.25) is 5.82 Å². The van der Waals surface area contributed by atoms with Crippen molar-refractivity contribution in [1.29, 1.82) is 0 Å². The highest BCUT2D eigenvalue weighted by atomic mass is 16.5. The molecule has 0 saturated heterocycles. The number of aromatic amines is 2. The summed E-state index contributed by atoms with van der Waals surface area (Å²) in [6, 6.07) is 0. The molecule has 3 heterocycles. The SMILES string of the molecule is NC1(c2ncc(-c3nc(-c4ncn[nH]4)no3)[nH]2)CCC1. The smallest absolute Gasteiger partial charge is 0.276 e. The van der Waals surface area contributed by atoms with Crippen molar-refractivity contribution in [1.82, 2.24) is 35.3 Å². The van der Waals surface area contributed by atoms with Gasteiger partial charge in [-0.05, 0) is 19.3 Å². The van der Waals surface area contributed by atoms with Gasteiger partial charge in [-0.3, -0.25) is 5.10 Å². The lowest BCUT2D eigenvalue weighted by Gasteiger charge is -2.35. The number of imidazole rings is 1. The maximum absolute atomic E-state index is 6.21. The van der Waals surface area contributed by atoms with Gasteiger partial charge in [0.15, 0.2) is 5.82 Å². The van der Waals surface area contributed by atoms with Crippen molar-refractivity contribution in [3.63, 3.8) is 0 Å². The Kier molecular flexibility index (Phi) is 2.24. The van der Waals surface area contributed by atoms with Crippen LogP contribution in [0.2, 0.25) is 0 Å². The number of hydrogen-bond acceptors (Lipinski definition) is 7. The number of nitrogens with two attached hydrogens (primary N) is 1. The van der Waals surface area contributed by atoms with Crippen molar-refractivity contribution in [2.24, 2.45) is 5.73 Å². The molecule has 0 radical (unpaired) electrons. The number of aromatic nitrogens is 7. The number of hydrogen-bond donors (Lipinski definition) is 3. The van der Waals surface area contributed by atoms with E-state index in [9.17, 15) is 0 Å². The van der Waals surface area contributed by atoms with E-state index in [0.29, 0.717) is 23.2 Å². The summed E-state index contributed by atoms with van der Waals surface area (Å²) in [5, 5.41) is 10.3. The number of nitrogens with one attached hydrogen (secondary N) is 2. The highest BCUT2D eigenvalue weighted by Gasteiger charge is 2.37. The number of nitrogens with zero attached hydrogens (tertiary/aromatic N) is 5. The van der Waals surface area contributed by atoms with E-state index in [0.717, 1.165) is 25.1 Å². The molecule has 1 saturated carbocycles. The van der Waals surface area contributed by atoms with Gasteiger partial charge in [-0.1, -0.05) is 5.16 Å². The van der Waals surface area contributed by atoms with E-state index in [4.69, 9.17) is 10.3 Å². The molecular weight excluding hydrogens is 260 g/mol. The van der Waals surface area contributed by atoms with Crippen molar-refractivity contribution in [2.45, 2.75) is 24.8 Å². The number of rotatable bonds is 3. The molecule has 4 rings (SSSR count). The lowest BCUT2D eigenvalue weighted by molar-refractivity contribution is 0.240. The van der Waals surface area contributed by atoms with E-state index in [2.05, 4.69) is 35.3 Å². The molecule has 20 heavy (non-hydrogen) atoms. The quantitative estimate of drug-likeness (QED) is 0.634. The zero-order valence-corrected chi connectivity index (χ0v) is 10.5. The summed E-state index contributed by atoms with van der Waals surface area (Å²) < 4.78 is 5.19. The molecule has 0 aliphatic heterocycles. The third-order valence-electron chi connectivity index (χ3n) is 3.58. The van der Waals surface area contributed by atoms with Crippen molar-refractivity contribution >= 4 is 0 Å². The highest BCUT2D eigenvalue weighted by Crippen LogP contribution is 2.37. The maximum Gasteiger partial charge on any atom is 0.276 e. The lowest BCUT2D eigenvalue weighted by atomic mass is 9.77. The summed E-state index contributed by atoms with van der Waals surface area (Å²) in [6.45, 7) is 0. The minimum atomic E-state index is -0.341. The Morgan fingerprint density at radius 1 is 1.30 bits per heavy atom. The summed E-state index contributed by atoms with van der Waals surface area (Å²) in [5.74, 6) is 1.91. The Labute approximate surface area is 113 Å². The predicted octanol–water partition coefficient (Wildman–Crippen LogP) is 0.583. The molecular formula is C11H12N8O. The van der Waals surface area contributed by atoms with E-state index >= 15 is 0 Å². The molecule has 9 nitrogen and oxygen atoms in total. The monoisotopic (exact) mass is 272 g/mol. The van der Waals surface area contributed by atoms with Gasteiger partial charge in [-0.2, -0.15) is 10.1 Å². The summed E-state index contributed by atoms with van der Waals surface area (Å²) in [5.41, 5.74) is 6.52. The van der Waals surface area contributed by atoms with Gasteiger partial charge >= 0.3 is 0 Å². The van der Waals surface area contributed by atoms with Gasteiger partial charge in [0.1, 0.15) is 17.8 Å². The van der Waals surface area contributed by atoms with E-state index < -0.39 is 0 Å². The summed E-state index contributed by atoms with van der Waals surface area (Å²) in [4.78, 5) is 15.7. The molecule has 9 heteroatoms. The fraction of sp³-hybridized carbons (Fsp3) is 0.364. The first kappa shape index (κ1) is 11.3. The minimum absolute atomic E-state index is 0.341. The van der Waals surface area contributed by atoms with Crippen molar-refractivity contribution < 1.29 is 4.52 Å². The van der Waals surface area contributed by atoms with Crippen LogP contribution in [0.5, 0.6) is 0 Å². The van der Waals surface area contributed by atoms with Gasteiger partial charge in [-0.25, -0.2) is 9.97 Å². The second kappa shape index (κ2) is 3.97. The molecule has 1 aliphatic carbocycles. The molecule has 0 atom stereocenters. The molecule has 4 N–H and O–H groups in total. The van der Waals surface area contributed by atoms with E-state index in [-0.39, 0.29) is 5.54 Å². The van der Waals surface area contributed by atoms with Crippen LogP contribution in [0.4, 0.5) is 0 Å². The van der Waals surface area contributed by atoms with Crippen LogP contribution in [0.25, 0.3) is 23.2 Å². The van der Waals surface area contributed by atoms with Gasteiger partial charge in [-0.15, -0.1) is 0 Å². The maximum atomic E-state index is 6.21. The van der Waals surface area contributed by atoms with Gasteiger partial charge in [0.25, 0.3) is 5.89 Å². The molecule has 1 fully saturated rings. The fourth-order valence-electron chi connectivity index (χ4n) is 2.22. The fourth-order valence-corrected chi connectivity index (χ4v) is 2.22. The second-order valence-corrected chi connectivity index (χ2v) is 4.91. The molecule has 3 aromatic heterocycles. The highest BCUT2D eigenvalue weighted by molar-refractivity contribution is 5.50. The summed E-state index contributed by atoms with van der Waals surface area (Å²) in [6.07, 6.45) is 6.04. The number of H-pyrrole nitrogens is 2. The van der Waals surface area contributed by atoms with E-state index in [1.54, 1.807) is 6.20 Å². The zero-order valence-electron chi connectivity index (χ0n) is 10.5. The normalized spacial score (nSPS) is 17.1. The van der Waals surface area contributed by atoms with Crippen LogP contribution < -0.4 is 5.73 Å². The first-order valence-corrected chi connectivity index (χ1v) is 6.29.